The van der Waals surface area contributed by atoms with Gasteiger partial charge < -0.3 is 13.6 Å². The van der Waals surface area contributed by atoms with E-state index < -0.39 is 0 Å². The molecular formula is C44H24N4O. The first kappa shape index (κ1) is 27.1. The minimum absolute atomic E-state index is 0.481. The lowest BCUT2D eigenvalue weighted by Crippen LogP contribution is -1.97. The summed E-state index contributed by atoms with van der Waals surface area (Å²) in [6.07, 6.45) is 0. The molecule has 3 heterocycles. The third-order valence-corrected chi connectivity index (χ3v) is 9.79. The zero-order chi connectivity index (χ0) is 32.6. The van der Waals surface area contributed by atoms with Crippen LogP contribution < -0.4 is 0 Å². The molecule has 5 heteroatoms. The van der Waals surface area contributed by atoms with Gasteiger partial charge in [0.2, 0.25) is 0 Å². The number of benzene rings is 7. The lowest BCUT2D eigenvalue weighted by atomic mass is 9.97. The molecule has 0 N–H and O–H groups in total. The molecule has 3 aromatic heterocycles. The fourth-order valence-electron chi connectivity index (χ4n) is 7.69. The van der Waals surface area contributed by atoms with Crippen LogP contribution in [0.2, 0.25) is 0 Å². The summed E-state index contributed by atoms with van der Waals surface area (Å²) in [4.78, 5) is 3.99. The molecule has 0 spiro atoms. The number of para-hydroxylation sites is 4. The normalized spacial score (nSPS) is 11.6. The number of nitriles is 1. The van der Waals surface area contributed by atoms with Crippen molar-refractivity contribution in [3.63, 3.8) is 0 Å². The van der Waals surface area contributed by atoms with E-state index in [2.05, 4.69) is 86.8 Å². The van der Waals surface area contributed by atoms with Gasteiger partial charge in [-0.15, -0.1) is 0 Å². The van der Waals surface area contributed by atoms with Gasteiger partial charge in [-0.25, -0.2) is 4.85 Å². The fraction of sp³-hybridized carbons (Fsp3) is 0. The number of rotatable bonds is 3. The summed E-state index contributed by atoms with van der Waals surface area (Å²) in [6, 6.07) is 51.7. The van der Waals surface area contributed by atoms with Crippen LogP contribution >= 0.6 is 0 Å². The van der Waals surface area contributed by atoms with Gasteiger partial charge in [-0.1, -0.05) is 84.9 Å². The maximum absolute atomic E-state index is 10.4. The Morgan fingerprint density at radius 1 is 0.531 bits per heavy atom. The minimum Gasteiger partial charge on any atom is -0.455 e. The van der Waals surface area contributed by atoms with Gasteiger partial charge in [0.25, 0.3) is 0 Å². The Balaban J connectivity index is 1.15. The van der Waals surface area contributed by atoms with E-state index in [4.69, 9.17) is 11.0 Å². The van der Waals surface area contributed by atoms with Crippen LogP contribution in [0.15, 0.2) is 150 Å². The largest absolute Gasteiger partial charge is 0.455 e. The summed E-state index contributed by atoms with van der Waals surface area (Å²) in [5.41, 5.74) is 10.1. The van der Waals surface area contributed by atoms with Crippen molar-refractivity contribution in [1.82, 2.24) is 9.13 Å². The first-order chi connectivity index (χ1) is 24.2. The van der Waals surface area contributed by atoms with E-state index in [-0.39, 0.29) is 0 Å². The Morgan fingerprint density at radius 3 is 1.80 bits per heavy atom. The lowest BCUT2D eigenvalue weighted by Gasteiger charge is -2.14. The van der Waals surface area contributed by atoms with Gasteiger partial charge in [0.15, 0.2) is 5.69 Å². The maximum atomic E-state index is 10.4. The predicted molar refractivity (Wildman–Crippen MR) is 199 cm³/mol. The van der Waals surface area contributed by atoms with E-state index in [0.29, 0.717) is 11.3 Å². The van der Waals surface area contributed by atoms with Gasteiger partial charge in [-0.2, -0.15) is 5.26 Å². The third kappa shape index (κ3) is 3.79. The highest BCUT2D eigenvalue weighted by atomic mass is 16.3. The van der Waals surface area contributed by atoms with Crippen LogP contribution in [0.5, 0.6) is 0 Å². The Hall–Kier alpha value is -7.08. The molecular weight excluding hydrogens is 601 g/mol. The summed E-state index contributed by atoms with van der Waals surface area (Å²) in [5, 5.41) is 17.1. The molecule has 5 nitrogen and oxygen atoms in total. The number of hydrogen-bond donors (Lipinski definition) is 0. The number of hydrogen-bond acceptors (Lipinski definition) is 2. The highest BCUT2D eigenvalue weighted by molar-refractivity contribution is 6.23. The summed E-state index contributed by atoms with van der Waals surface area (Å²) in [5.74, 6) is 0. The van der Waals surface area contributed by atoms with Gasteiger partial charge in [-0.3, -0.25) is 0 Å². The van der Waals surface area contributed by atoms with Crippen LogP contribution in [0.3, 0.4) is 0 Å². The molecule has 0 aliphatic carbocycles. The van der Waals surface area contributed by atoms with Crippen molar-refractivity contribution in [2.45, 2.75) is 0 Å². The molecule has 0 bridgehead atoms. The summed E-state index contributed by atoms with van der Waals surface area (Å²) in [7, 11) is 0. The SMILES string of the molecule is [C-]#[N+]c1cc(-n2c3ccccc3c3c4oc5ccccc5c4ccc32)ccc1-c1ccc(-n2c3ccccc3c3ccccc32)cc1C#N. The molecule has 0 fully saturated rings. The zero-order valence-electron chi connectivity index (χ0n) is 26.1. The van der Waals surface area contributed by atoms with Crippen molar-refractivity contribution >= 4 is 71.2 Å². The van der Waals surface area contributed by atoms with Crippen molar-refractivity contribution in [2.75, 3.05) is 0 Å². The molecule has 226 valence electrons. The van der Waals surface area contributed by atoms with E-state index in [9.17, 15) is 5.26 Å². The van der Waals surface area contributed by atoms with Gasteiger partial charge in [-0.05, 0) is 71.8 Å². The Labute approximate surface area is 280 Å². The second-order valence-electron chi connectivity index (χ2n) is 12.3. The quantitative estimate of drug-likeness (QED) is 0.184. The second-order valence-corrected chi connectivity index (χ2v) is 12.3. The monoisotopic (exact) mass is 624 g/mol. The number of furan rings is 1. The smallest absolute Gasteiger partial charge is 0.197 e. The van der Waals surface area contributed by atoms with Crippen molar-refractivity contribution < 1.29 is 4.42 Å². The van der Waals surface area contributed by atoms with Crippen molar-refractivity contribution in [1.29, 1.82) is 5.26 Å². The molecule has 7 aromatic carbocycles. The minimum atomic E-state index is 0.481. The molecule has 0 atom stereocenters. The van der Waals surface area contributed by atoms with Crippen molar-refractivity contribution in [3.8, 4) is 28.6 Å². The number of nitrogens with zero attached hydrogens (tertiary/aromatic N) is 4. The fourth-order valence-corrected chi connectivity index (χ4v) is 7.69. The molecule has 0 saturated heterocycles. The predicted octanol–water partition coefficient (Wildman–Crippen LogP) is 11.9. The van der Waals surface area contributed by atoms with Gasteiger partial charge in [0.1, 0.15) is 11.2 Å². The zero-order valence-corrected chi connectivity index (χ0v) is 26.1. The van der Waals surface area contributed by atoms with Crippen molar-refractivity contribution in [2.24, 2.45) is 0 Å². The summed E-state index contributed by atoms with van der Waals surface area (Å²) < 4.78 is 10.9. The maximum Gasteiger partial charge on any atom is 0.197 e. The summed E-state index contributed by atoms with van der Waals surface area (Å²) in [6.45, 7) is 8.23. The molecule has 0 saturated carbocycles. The molecule has 10 rings (SSSR count). The highest BCUT2D eigenvalue weighted by Gasteiger charge is 2.20. The number of aromatic nitrogens is 2. The van der Waals surface area contributed by atoms with Gasteiger partial charge in [0.05, 0.1) is 45.7 Å². The van der Waals surface area contributed by atoms with E-state index in [0.717, 1.165) is 88.1 Å². The molecule has 0 amide bonds. The summed E-state index contributed by atoms with van der Waals surface area (Å²) >= 11 is 0. The van der Waals surface area contributed by atoms with E-state index in [1.165, 1.54) is 0 Å². The van der Waals surface area contributed by atoms with Crippen LogP contribution in [-0.2, 0) is 0 Å². The Bertz CT molecular complexity index is 3030. The van der Waals surface area contributed by atoms with Gasteiger partial charge >= 0.3 is 0 Å². The molecule has 0 radical (unpaired) electrons. The van der Waals surface area contributed by atoms with Crippen LogP contribution in [0.1, 0.15) is 5.56 Å². The molecule has 0 unspecified atom stereocenters. The van der Waals surface area contributed by atoms with Crippen LogP contribution in [-0.4, -0.2) is 9.13 Å². The Kier molecular flexibility index (Phi) is 5.64. The van der Waals surface area contributed by atoms with Gasteiger partial charge in [0, 0.05) is 38.3 Å². The molecule has 0 aliphatic heterocycles. The first-order valence-electron chi connectivity index (χ1n) is 16.1. The average Bonchev–Trinajstić information content (AvgIpc) is 3.82. The van der Waals surface area contributed by atoms with Crippen molar-refractivity contribution in [3.05, 3.63) is 163 Å². The van der Waals surface area contributed by atoms with Crippen LogP contribution in [0, 0.1) is 17.9 Å². The molecule has 10 aromatic rings. The second kappa shape index (κ2) is 10.2. The van der Waals surface area contributed by atoms with E-state index >= 15 is 0 Å². The standard InChI is InChI=1S/C44H24N4O/c1-46-37-25-29(48-40-16-8-4-13-36(40)43-41(48)23-22-35-34-12-5-9-17-42(34)49-44(35)43)19-21-31(37)30-20-18-28(24-27(30)26-45)47-38-14-6-2-10-32(38)33-11-3-7-15-39(33)47/h2-25H. The Morgan fingerprint density at radius 2 is 1.10 bits per heavy atom. The first-order valence-corrected chi connectivity index (χ1v) is 16.1. The third-order valence-electron chi connectivity index (χ3n) is 9.79. The number of fused-ring (bicyclic) bond motifs is 10. The molecule has 0 aliphatic rings. The highest BCUT2D eigenvalue weighted by Crippen LogP contribution is 2.42. The average molecular weight is 625 g/mol. The van der Waals surface area contributed by atoms with E-state index in [1.807, 2.05) is 78.9 Å². The molecule has 49 heavy (non-hydrogen) atoms. The lowest BCUT2D eigenvalue weighted by molar-refractivity contribution is 0.673. The van der Waals surface area contributed by atoms with Crippen LogP contribution in [0.25, 0.3) is 92.9 Å². The topological polar surface area (TPSA) is 51.1 Å². The van der Waals surface area contributed by atoms with Crippen LogP contribution in [0.4, 0.5) is 5.69 Å². The van der Waals surface area contributed by atoms with E-state index in [1.54, 1.807) is 0 Å².